The number of nitrogens with zero attached hydrogens (tertiary/aromatic N) is 2. The highest BCUT2D eigenvalue weighted by molar-refractivity contribution is 5.97. The van der Waals surface area contributed by atoms with Gasteiger partial charge in [0.15, 0.2) is 6.61 Å². The Labute approximate surface area is 159 Å². The Balaban J connectivity index is 1.51. The number of piperidine rings is 1. The van der Waals surface area contributed by atoms with Gasteiger partial charge in [-0.1, -0.05) is 12.1 Å². The normalized spacial score (nSPS) is 19.3. The Bertz CT molecular complexity index is 705. The van der Waals surface area contributed by atoms with Crippen LogP contribution in [0.25, 0.3) is 0 Å². The molecule has 1 unspecified atom stereocenters. The van der Waals surface area contributed by atoms with E-state index in [1.54, 1.807) is 16.7 Å². The van der Waals surface area contributed by atoms with Crippen LogP contribution in [-0.2, 0) is 19.1 Å². The zero-order chi connectivity index (χ0) is 19.2. The summed E-state index contributed by atoms with van der Waals surface area (Å²) in [5.74, 6) is 0.178. The molecule has 3 rings (SSSR count). The third-order valence-electron chi connectivity index (χ3n) is 4.97. The molecule has 2 aliphatic rings. The van der Waals surface area contributed by atoms with Gasteiger partial charge in [0.25, 0.3) is 5.91 Å². The Morgan fingerprint density at radius 3 is 2.93 bits per heavy atom. The summed E-state index contributed by atoms with van der Waals surface area (Å²) in [6, 6.07) is 7.42. The molecule has 1 aromatic carbocycles. The summed E-state index contributed by atoms with van der Waals surface area (Å²) in [6.07, 6.45) is 2.49. The van der Waals surface area contributed by atoms with Crippen molar-refractivity contribution in [2.75, 3.05) is 37.7 Å². The molecule has 0 bridgehead atoms. The van der Waals surface area contributed by atoms with Crippen LogP contribution in [0.1, 0.15) is 32.6 Å². The standard InChI is InChI=1S/C20H26N2O5/c1-2-26-20(25)15-7-5-11-21(13-15)18(23)10-6-12-22-16-8-3-4-9-17(16)27-14-19(22)24/h3-4,8-9,15H,2,5-7,10-14H2,1H3. The predicted octanol–water partition coefficient (Wildman–Crippen LogP) is 1.99. The number of hydrogen-bond donors (Lipinski definition) is 0. The van der Waals surface area contributed by atoms with Gasteiger partial charge in [-0.15, -0.1) is 0 Å². The van der Waals surface area contributed by atoms with Crippen LogP contribution in [0.15, 0.2) is 24.3 Å². The average Bonchev–Trinajstić information content (AvgIpc) is 2.70. The molecule has 2 heterocycles. The molecule has 7 heteroatoms. The molecule has 1 aromatic rings. The van der Waals surface area contributed by atoms with E-state index in [0.29, 0.717) is 44.8 Å². The number of benzene rings is 1. The van der Waals surface area contributed by atoms with E-state index in [2.05, 4.69) is 0 Å². The van der Waals surface area contributed by atoms with Gasteiger partial charge < -0.3 is 19.3 Å². The van der Waals surface area contributed by atoms with E-state index in [0.717, 1.165) is 18.5 Å². The molecule has 7 nitrogen and oxygen atoms in total. The third kappa shape index (κ3) is 4.59. The second-order valence-electron chi connectivity index (χ2n) is 6.84. The quantitative estimate of drug-likeness (QED) is 0.712. The molecule has 0 spiro atoms. The monoisotopic (exact) mass is 374 g/mol. The smallest absolute Gasteiger partial charge is 0.310 e. The highest BCUT2D eigenvalue weighted by Crippen LogP contribution is 2.31. The highest BCUT2D eigenvalue weighted by atomic mass is 16.5. The zero-order valence-corrected chi connectivity index (χ0v) is 15.7. The maximum Gasteiger partial charge on any atom is 0.310 e. The first kappa shape index (κ1) is 19.2. The first-order valence-corrected chi connectivity index (χ1v) is 9.56. The summed E-state index contributed by atoms with van der Waals surface area (Å²) < 4.78 is 10.5. The molecule has 1 atom stereocenters. The molecule has 27 heavy (non-hydrogen) atoms. The minimum atomic E-state index is -0.227. The Morgan fingerprint density at radius 1 is 1.30 bits per heavy atom. The van der Waals surface area contributed by atoms with E-state index < -0.39 is 0 Å². The SMILES string of the molecule is CCOC(=O)C1CCCN(C(=O)CCCN2C(=O)COc3ccccc32)C1. The van der Waals surface area contributed by atoms with E-state index in [9.17, 15) is 14.4 Å². The minimum absolute atomic E-state index is 0.0259. The van der Waals surface area contributed by atoms with Gasteiger partial charge in [-0.25, -0.2) is 0 Å². The summed E-state index contributed by atoms with van der Waals surface area (Å²) >= 11 is 0. The Kier molecular flexibility index (Phi) is 6.32. The number of ether oxygens (including phenoxy) is 2. The van der Waals surface area contributed by atoms with Gasteiger partial charge in [-0.3, -0.25) is 14.4 Å². The van der Waals surface area contributed by atoms with Crippen molar-refractivity contribution in [1.29, 1.82) is 0 Å². The number of esters is 1. The van der Waals surface area contributed by atoms with Crippen LogP contribution >= 0.6 is 0 Å². The van der Waals surface area contributed by atoms with Crippen molar-refractivity contribution in [3.63, 3.8) is 0 Å². The van der Waals surface area contributed by atoms with Crippen molar-refractivity contribution < 1.29 is 23.9 Å². The van der Waals surface area contributed by atoms with Gasteiger partial charge in [0.2, 0.25) is 5.91 Å². The molecule has 0 saturated carbocycles. The van der Waals surface area contributed by atoms with Gasteiger partial charge in [-0.2, -0.15) is 0 Å². The van der Waals surface area contributed by atoms with E-state index in [1.807, 2.05) is 24.3 Å². The van der Waals surface area contributed by atoms with Crippen LogP contribution in [0.2, 0.25) is 0 Å². The van der Waals surface area contributed by atoms with Crippen molar-refractivity contribution in [2.24, 2.45) is 5.92 Å². The number of fused-ring (bicyclic) bond motifs is 1. The first-order chi connectivity index (χ1) is 13.1. The number of hydrogen-bond acceptors (Lipinski definition) is 5. The molecule has 2 aliphatic heterocycles. The second-order valence-corrected chi connectivity index (χ2v) is 6.84. The maximum absolute atomic E-state index is 12.5. The average molecular weight is 374 g/mol. The summed E-state index contributed by atoms with van der Waals surface area (Å²) in [4.78, 5) is 40.1. The van der Waals surface area contributed by atoms with Crippen molar-refractivity contribution in [2.45, 2.75) is 32.6 Å². The van der Waals surface area contributed by atoms with Crippen LogP contribution in [0.4, 0.5) is 5.69 Å². The Hall–Kier alpha value is -2.57. The fourth-order valence-corrected chi connectivity index (χ4v) is 3.60. The molecule has 1 saturated heterocycles. The van der Waals surface area contributed by atoms with E-state index >= 15 is 0 Å². The van der Waals surface area contributed by atoms with Gasteiger partial charge >= 0.3 is 5.97 Å². The number of rotatable bonds is 6. The molecule has 1 fully saturated rings. The summed E-state index contributed by atoms with van der Waals surface area (Å²) in [7, 11) is 0. The molecule has 2 amide bonds. The molecule has 0 N–H and O–H groups in total. The van der Waals surface area contributed by atoms with E-state index in [1.165, 1.54) is 0 Å². The van der Waals surface area contributed by atoms with E-state index in [4.69, 9.17) is 9.47 Å². The second kappa shape index (κ2) is 8.88. The zero-order valence-electron chi connectivity index (χ0n) is 15.7. The highest BCUT2D eigenvalue weighted by Gasteiger charge is 2.29. The fraction of sp³-hybridized carbons (Fsp3) is 0.550. The topological polar surface area (TPSA) is 76.2 Å². The van der Waals surface area contributed by atoms with Crippen LogP contribution in [0.3, 0.4) is 0 Å². The molecule has 0 aliphatic carbocycles. The van der Waals surface area contributed by atoms with Crippen LogP contribution < -0.4 is 9.64 Å². The number of amides is 2. The predicted molar refractivity (Wildman–Crippen MR) is 99.5 cm³/mol. The van der Waals surface area contributed by atoms with Gasteiger partial charge in [-0.05, 0) is 38.3 Å². The van der Waals surface area contributed by atoms with Crippen molar-refractivity contribution in [3.05, 3.63) is 24.3 Å². The lowest BCUT2D eigenvalue weighted by molar-refractivity contribution is -0.151. The summed E-state index contributed by atoms with van der Waals surface area (Å²) in [6.45, 7) is 3.75. The number of anilines is 1. The molecular formula is C20H26N2O5. The van der Waals surface area contributed by atoms with Crippen molar-refractivity contribution in [3.8, 4) is 5.75 Å². The largest absolute Gasteiger partial charge is 0.482 e. The number of likely N-dealkylation sites (tertiary alicyclic amines) is 1. The summed E-state index contributed by atoms with van der Waals surface area (Å²) in [5.41, 5.74) is 0.751. The van der Waals surface area contributed by atoms with E-state index in [-0.39, 0.29) is 30.3 Å². The number of carbonyl (C=O) groups is 3. The van der Waals surface area contributed by atoms with Gasteiger partial charge in [0, 0.05) is 26.1 Å². The maximum atomic E-state index is 12.5. The Morgan fingerprint density at radius 2 is 2.11 bits per heavy atom. The fourth-order valence-electron chi connectivity index (χ4n) is 3.60. The van der Waals surface area contributed by atoms with Crippen molar-refractivity contribution in [1.82, 2.24) is 4.90 Å². The lowest BCUT2D eigenvalue weighted by atomic mass is 9.98. The number of carbonyl (C=O) groups excluding carboxylic acids is 3. The number of para-hydroxylation sites is 2. The van der Waals surface area contributed by atoms with Gasteiger partial charge in [0.05, 0.1) is 18.2 Å². The van der Waals surface area contributed by atoms with Crippen molar-refractivity contribution >= 4 is 23.5 Å². The van der Waals surface area contributed by atoms with Crippen LogP contribution in [0.5, 0.6) is 5.75 Å². The molecule has 0 aromatic heterocycles. The van der Waals surface area contributed by atoms with Gasteiger partial charge in [0.1, 0.15) is 5.75 Å². The minimum Gasteiger partial charge on any atom is -0.482 e. The molecule has 0 radical (unpaired) electrons. The lowest BCUT2D eigenvalue weighted by Gasteiger charge is -2.32. The lowest BCUT2D eigenvalue weighted by Crippen LogP contribution is -2.43. The first-order valence-electron chi connectivity index (χ1n) is 9.56. The third-order valence-corrected chi connectivity index (χ3v) is 4.97. The van der Waals surface area contributed by atoms with Crippen LogP contribution in [-0.4, -0.2) is 55.5 Å². The molecule has 146 valence electrons. The summed E-state index contributed by atoms with van der Waals surface area (Å²) in [5, 5.41) is 0. The van der Waals surface area contributed by atoms with Crippen LogP contribution in [0, 0.1) is 5.92 Å². The molecular weight excluding hydrogens is 348 g/mol.